The predicted molar refractivity (Wildman–Crippen MR) is 61.6 cm³/mol. The van der Waals surface area contributed by atoms with E-state index in [9.17, 15) is 0 Å². The first-order valence-electron chi connectivity index (χ1n) is 4.53. The molecule has 1 aromatic heterocycles. The van der Waals surface area contributed by atoms with Gasteiger partial charge in [-0.2, -0.15) is 0 Å². The third-order valence-electron chi connectivity index (χ3n) is 2.23. The minimum atomic E-state index is 0.349. The van der Waals surface area contributed by atoms with Crippen molar-refractivity contribution in [3.63, 3.8) is 0 Å². The van der Waals surface area contributed by atoms with Crippen molar-refractivity contribution in [1.82, 2.24) is 10.2 Å². The second-order valence-electron chi connectivity index (χ2n) is 3.28. The van der Waals surface area contributed by atoms with E-state index in [0.717, 1.165) is 16.7 Å². The molecule has 0 saturated carbocycles. The molecule has 2 aromatic rings. The van der Waals surface area contributed by atoms with Crippen molar-refractivity contribution in [3.8, 4) is 11.1 Å². The van der Waals surface area contributed by atoms with Crippen LogP contribution in [0.2, 0.25) is 5.15 Å². The number of aryl methyl sites for hydroxylation is 1. The van der Waals surface area contributed by atoms with E-state index in [1.54, 1.807) is 6.07 Å². The number of hydrogen-bond acceptors (Lipinski definition) is 3. The third kappa shape index (κ3) is 1.92. The van der Waals surface area contributed by atoms with Crippen molar-refractivity contribution in [2.75, 3.05) is 5.73 Å². The van der Waals surface area contributed by atoms with Gasteiger partial charge in [0, 0.05) is 5.56 Å². The van der Waals surface area contributed by atoms with Gasteiger partial charge in [0.25, 0.3) is 0 Å². The van der Waals surface area contributed by atoms with Crippen LogP contribution in [0.5, 0.6) is 0 Å². The summed E-state index contributed by atoms with van der Waals surface area (Å²) in [5.41, 5.74) is 8.75. The van der Waals surface area contributed by atoms with Crippen molar-refractivity contribution in [1.29, 1.82) is 0 Å². The Kier molecular flexibility index (Phi) is 2.56. The van der Waals surface area contributed by atoms with E-state index >= 15 is 0 Å². The summed E-state index contributed by atoms with van der Waals surface area (Å²) in [6.07, 6.45) is 0. The minimum absolute atomic E-state index is 0.349. The fraction of sp³-hybridized carbons (Fsp3) is 0.0909. The number of nitrogen functional groups attached to an aromatic ring is 1. The van der Waals surface area contributed by atoms with Crippen LogP contribution in [0.1, 0.15) is 5.56 Å². The summed E-state index contributed by atoms with van der Waals surface area (Å²) in [5, 5.41) is 7.83. The van der Waals surface area contributed by atoms with E-state index in [0.29, 0.717) is 11.0 Å². The molecule has 3 nitrogen and oxygen atoms in total. The Morgan fingerprint density at radius 2 is 1.87 bits per heavy atom. The van der Waals surface area contributed by atoms with Crippen LogP contribution in [0.15, 0.2) is 30.3 Å². The van der Waals surface area contributed by atoms with Crippen LogP contribution in [-0.4, -0.2) is 10.2 Å². The largest absolute Gasteiger partial charge is 0.382 e. The van der Waals surface area contributed by atoms with Gasteiger partial charge in [-0.25, -0.2) is 0 Å². The zero-order valence-electron chi connectivity index (χ0n) is 8.24. The van der Waals surface area contributed by atoms with E-state index in [4.69, 9.17) is 17.3 Å². The first kappa shape index (κ1) is 9.93. The zero-order chi connectivity index (χ0) is 10.8. The second kappa shape index (κ2) is 3.87. The van der Waals surface area contributed by atoms with E-state index in [2.05, 4.69) is 10.2 Å². The molecular weight excluding hydrogens is 210 g/mol. The Bertz CT molecular complexity index is 497. The molecule has 0 aliphatic rings. The Labute approximate surface area is 92.9 Å². The molecular formula is C11H10ClN3. The molecule has 0 amide bonds. The highest BCUT2D eigenvalue weighted by Crippen LogP contribution is 2.28. The quantitative estimate of drug-likeness (QED) is 0.802. The summed E-state index contributed by atoms with van der Waals surface area (Å²) >= 11 is 5.79. The van der Waals surface area contributed by atoms with Gasteiger partial charge in [-0.1, -0.05) is 35.9 Å². The molecule has 1 aromatic carbocycles. The molecule has 2 rings (SSSR count). The van der Waals surface area contributed by atoms with Gasteiger partial charge in [-0.15, -0.1) is 10.2 Å². The van der Waals surface area contributed by atoms with Crippen molar-refractivity contribution < 1.29 is 0 Å². The number of nitrogens with zero attached hydrogens (tertiary/aromatic N) is 2. The van der Waals surface area contributed by atoms with Crippen molar-refractivity contribution in [2.45, 2.75) is 6.92 Å². The Morgan fingerprint density at radius 1 is 1.13 bits per heavy atom. The maximum absolute atomic E-state index is 5.79. The van der Waals surface area contributed by atoms with E-state index in [1.807, 2.05) is 31.2 Å². The highest BCUT2D eigenvalue weighted by atomic mass is 35.5. The summed E-state index contributed by atoms with van der Waals surface area (Å²) in [6.45, 7) is 2.02. The minimum Gasteiger partial charge on any atom is -0.382 e. The van der Waals surface area contributed by atoms with E-state index < -0.39 is 0 Å². The number of halogens is 1. The van der Waals surface area contributed by atoms with Crippen LogP contribution in [-0.2, 0) is 0 Å². The lowest BCUT2D eigenvalue weighted by molar-refractivity contribution is 1.04. The van der Waals surface area contributed by atoms with Gasteiger partial charge in [-0.3, -0.25) is 0 Å². The molecule has 76 valence electrons. The SMILES string of the molecule is Cc1ccccc1-c1cc(Cl)nnc1N. The lowest BCUT2D eigenvalue weighted by Crippen LogP contribution is -1.97. The lowest BCUT2D eigenvalue weighted by Gasteiger charge is -2.07. The molecule has 15 heavy (non-hydrogen) atoms. The number of rotatable bonds is 1. The number of hydrogen-bond donors (Lipinski definition) is 1. The lowest BCUT2D eigenvalue weighted by atomic mass is 10.0. The molecule has 0 aliphatic carbocycles. The van der Waals surface area contributed by atoms with Crippen LogP contribution >= 0.6 is 11.6 Å². The topological polar surface area (TPSA) is 51.8 Å². The summed E-state index contributed by atoms with van der Waals surface area (Å²) in [5.74, 6) is 0.397. The molecule has 1 heterocycles. The number of nitrogens with two attached hydrogens (primary N) is 1. The van der Waals surface area contributed by atoms with Crippen LogP contribution in [0.3, 0.4) is 0 Å². The molecule has 0 saturated heterocycles. The Morgan fingerprint density at radius 3 is 2.60 bits per heavy atom. The molecule has 0 aliphatic heterocycles. The molecule has 0 unspecified atom stereocenters. The third-order valence-corrected chi connectivity index (χ3v) is 2.41. The average Bonchev–Trinajstić information content (AvgIpc) is 2.23. The smallest absolute Gasteiger partial charge is 0.154 e. The normalized spacial score (nSPS) is 10.3. The fourth-order valence-corrected chi connectivity index (χ4v) is 1.62. The first-order chi connectivity index (χ1) is 7.18. The van der Waals surface area contributed by atoms with Crippen LogP contribution < -0.4 is 5.73 Å². The van der Waals surface area contributed by atoms with Gasteiger partial charge >= 0.3 is 0 Å². The van der Waals surface area contributed by atoms with Gasteiger partial charge in [0.05, 0.1) is 0 Å². The summed E-state index contributed by atoms with van der Waals surface area (Å²) < 4.78 is 0. The molecule has 0 radical (unpaired) electrons. The van der Waals surface area contributed by atoms with Crippen LogP contribution in [0.4, 0.5) is 5.82 Å². The molecule has 0 bridgehead atoms. The van der Waals surface area contributed by atoms with Gasteiger partial charge in [-0.05, 0) is 24.1 Å². The van der Waals surface area contributed by atoms with Crippen molar-refractivity contribution in [2.24, 2.45) is 0 Å². The first-order valence-corrected chi connectivity index (χ1v) is 4.91. The molecule has 2 N–H and O–H groups in total. The standard InChI is InChI=1S/C11H10ClN3/c1-7-4-2-3-5-8(7)9-6-10(12)14-15-11(9)13/h2-6H,1H3,(H2,13,15). The maximum Gasteiger partial charge on any atom is 0.154 e. The van der Waals surface area contributed by atoms with Gasteiger partial charge < -0.3 is 5.73 Å². The van der Waals surface area contributed by atoms with Crippen molar-refractivity contribution >= 4 is 17.4 Å². The Balaban J connectivity index is 2.64. The highest BCUT2D eigenvalue weighted by Gasteiger charge is 2.07. The molecule has 0 spiro atoms. The molecule has 0 atom stereocenters. The number of aromatic nitrogens is 2. The second-order valence-corrected chi connectivity index (χ2v) is 3.67. The highest BCUT2D eigenvalue weighted by molar-refractivity contribution is 6.29. The van der Waals surface area contributed by atoms with Gasteiger partial charge in [0.15, 0.2) is 11.0 Å². The number of anilines is 1. The summed E-state index contributed by atoms with van der Waals surface area (Å²) in [4.78, 5) is 0. The van der Waals surface area contributed by atoms with Crippen LogP contribution in [0, 0.1) is 6.92 Å². The van der Waals surface area contributed by atoms with Gasteiger partial charge in [0.2, 0.25) is 0 Å². The molecule has 4 heteroatoms. The van der Waals surface area contributed by atoms with E-state index in [1.165, 1.54) is 0 Å². The summed E-state index contributed by atoms with van der Waals surface area (Å²) in [6, 6.07) is 9.66. The van der Waals surface area contributed by atoms with E-state index in [-0.39, 0.29) is 0 Å². The average molecular weight is 220 g/mol. The molecule has 0 fully saturated rings. The fourth-order valence-electron chi connectivity index (χ4n) is 1.47. The zero-order valence-corrected chi connectivity index (χ0v) is 8.99. The Hall–Kier alpha value is -1.61. The van der Waals surface area contributed by atoms with Crippen molar-refractivity contribution in [3.05, 3.63) is 41.0 Å². The summed E-state index contributed by atoms with van der Waals surface area (Å²) in [7, 11) is 0. The number of benzene rings is 1. The van der Waals surface area contributed by atoms with Crippen LogP contribution in [0.25, 0.3) is 11.1 Å². The predicted octanol–water partition coefficient (Wildman–Crippen LogP) is 2.69. The van der Waals surface area contributed by atoms with Gasteiger partial charge in [0.1, 0.15) is 0 Å². The maximum atomic E-state index is 5.79. The monoisotopic (exact) mass is 219 g/mol.